The molecule has 2 fully saturated rings. The van der Waals surface area contributed by atoms with Crippen molar-refractivity contribution in [3.8, 4) is 0 Å². The van der Waals surface area contributed by atoms with E-state index in [0.717, 1.165) is 44.9 Å². The minimum Gasteiger partial charge on any atom is -0.342 e. The molecule has 2 saturated heterocycles. The molecule has 2 aliphatic heterocycles. The van der Waals surface area contributed by atoms with Gasteiger partial charge in [0.05, 0.1) is 0 Å². The predicted octanol–water partition coefficient (Wildman–Crippen LogP) is 2.02. The van der Waals surface area contributed by atoms with Crippen molar-refractivity contribution in [2.75, 3.05) is 26.2 Å². The lowest BCUT2D eigenvalue weighted by Crippen LogP contribution is -2.41. The van der Waals surface area contributed by atoms with Crippen LogP contribution in [0.2, 0.25) is 0 Å². The minimum atomic E-state index is 0.300. The maximum Gasteiger partial charge on any atom is 0.225 e. The van der Waals surface area contributed by atoms with Crippen LogP contribution in [0.3, 0.4) is 0 Å². The summed E-state index contributed by atoms with van der Waals surface area (Å²) in [6.45, 7) is 6.30. The van der Waals surface area contributed by atoms with E-state index in [1.165, 1.54) is 25.7 Å². The second-order valence-corrected chi connectivity index (χ2v) is 5.55. The number of piperidine rings is 1. The molecule has 0 aliphatic carbocycles. The van der Waals surface area contributed by atoms with Gasteiger partial charge in [0.2, 0.25) is 5.91 Å². The van der Waals surface area contributed by atoms with Crippen LogP contribution < -0.4 is 5.32 Å². The first-order chi connectivity index (χ1) is 8.31. The quantitative estimate of drug-likeness (QED) is 0.798. The van der Waals surface area contributed by atoms with Gasteiger partial charge in [-0.2, -0.15) is 0 Å². The molecule has 2 rings (SSSR count). The highest BCUT2D eigenvalue weighted by molar-refractivity contribution is 5.79. The van der Waals surface area contributed by atoms with Gasteiger partial charge in [0.15, 0.2) is 0 Å². The molecule has 0 aromatic rings. The van der Waals surface area contributed by atoms with Gasteiger partial charge in [0, 0.05) is 19.0 Å². The fourth-order valence-electron chi connectivity index (χ4n) is 3.12. The Labute approximate surface area is 105 Å². The van der Waals surface area contributed by atoms with Gasteiger partial charge in [-0.05, 0) is 51.1 Å². The summed E-state index contributed by atoms with van der Waals surface area (Å²) in [5, 5.41) is 3.33. The van der Waals surface area contributed by atoms with Gasteiger partial charge in [-0.3, -0.25) is 4.79 Å². The first-order valence-corrected chi connectivity index (χ1v) is 7.30. The fourth-order valence-corrected chi connectivity index (χ4v) is 3.12. The van der Waals surface area contributed by atoms with Crippen LogP contribution >= 0.6 is 0 Å². The molecule has 1 atom stereocenters. The summed E-state index contributed by atoms with van der Waals surface area (Å²) in [7, 11) is 0. The largest absolute Gasteiger partial charge is 0.342 e. The number of nitrogens with zero attached hydrogens (tertiary/aromatic N) is 1. The topological polar surface area (TPSA) is 32.3 Å². The summed E-state index contributed by atoms with van der Waals surface area (Å²) in [5.74, 6) is 1.58. The molecule has 0 aromatic carbocycles. The fraction of sp³-hybridized carbons (Fsp3) is 0.929. The van der Waals surface area contributed by atoms with Crippen molar-refractivity contribution in [3.05, 3.63) is 0 Å². The van der Waals surface area contributed by atoms with E-state index in [1.807, 2.05) is 0 Å². The smallest absolute Gasteiger partial charge is 0.225 e. The second kappa shape index (κ2) is 6.39. The molecule has 1 N–H and O–H groups in total. The molecular formula is C14H26N2O. The van der Waals surface area contributed by atoms with Crippen molar-refractivity contribution in [1.82, 2.24) is 10.2 Å². The molecule has 17 heavy (non-hydrogen) atoms. The van der Waals surface area contributed by atoms with Crippen molar-refractivity contribution < 1.29 is 4.79 Å². The average molecular weight is 238 g/mol. The average Bonchev–Trinajstić information content (AvgIpc) is 2.64. The molecule has 2 heterocycles. The monoisotopic (exact) mass is 238 g/mol. The zero-order valence-corrected chi connectivity index (χ0v) is 11.1. The summed E-state index contributed by atoms with van der Waals surface area (Å²) in [5.41, 5.74) is 0. The van der Waals surface area contributed by atoms with Crippen molar-refractivity contribution in [2.24, 2.45) is 11.8 Å². The van der Waals surface area contributed by atoms with E-state index < -0.39 is 0 Å². The van der Waals surface area contributed by atoms with Gasteiger partial charge in [0.1, 0.15) is 0 Å². The highest BCUT2D eigenvalue weighted by Gasteiger charge is 2.27. The Morgan fingerprint density at radius 2 is 1.94 bits per heavy atom. The summed E-state index contributed by atoms with van der Waals surface area (Å²) in [6.07, 6.45) is 7.07. The Kier molecular flexibility index (Phi) is 4.84. The zero-order chi connectivity index (χ0) is 12.1. The lowest BCUT2D eigenvalue weighted by molar-refractivity contribution is -0.136. The van der Waals surface area contributed by atoms with Crippen molar-refractivity contribution in [1.29, 1.82) is 0 Å². The number of carbonyl (C=O) groups is 1. The van der Waals surface area contributed by atoms with Crippen LogP contribution in [0.25, 0.3) is 0 Å². The molecule has 1 amide bonds. The number of amides is 1. The van der Waals surface area contributed by atoms with E-state index in [-0.39, 0.29) is 0 Å². The van der Waals surface area contributed by atoms with E-state index in [1.54, 1.807) is 0 Å². The Morgan fingerprint density at radius 3 is 2.65 bits per heavy atom. The Bertz CT molecular complexity index is 249. The van der Waals surface area contributed by atoms with Crippen LogP contribution in [0.4, 0.5) is 0 Å². The standard InChI is InChI=1S/C14H26N2O/c1-2-12-4-3-10-16(11-7-12)14(17)13-5-8-15-9-6-13/h12-13,15H,2-11H2,1H3. The number of hydrogen-bond donors (Lipinski definition) is 1. The lowest BCUT2D eigenvalue weighted by Gasteiger charge is -2.28. The molecule has 0 aromatic heterocycles. The van der Waals surface area contributed by atoms with E-state index in [0.29, 0.717) is 11.8 Å². The highest BCUT2D eigenvalue weighted by Crippen LogP contribution is 2.23. The van der Waals surface area contributed by atoms with Crippen LogP contribution in [0.15, 0.2) is 0 Å². The maximum atomic E-state index is 12.4. The van der Waals surface area contributed by atoms with E-state index >= 15 is 0 Å². The number of nitrogens with one attached hydrogen (secondary N) is 1. The lowest BCUT2D eigenvalue weighted by atomic mass is 9.96. The third-order valence-corrected chi connectivity index (χ3v) is 4.43. The van der Waals surface area contributed by atoms with E-state index in [9.17, 15) is 4.79 Å². The summed E-state index contributed by atoms with van der Waals surface area (Å²) < 4.78 is 0. The van der Waals surface area contributed by atoms with Crippen LogP contribution in [-0.2, 0) is 4.79 Å². The SMILES string of the molecule is CCC1CCCN(C(=O)C2CCNCC2)CC1. The molecule has 1 unspecified atom stereocenters. The molecule has 2 aliphatic rings. The van der Waals surface area contributed by atoms with Gasteiger partial charge >= 0.3 is 0 Å². The zero-order valence-electron chi connectivity index (χ0n) is 11.1. The van der Waals surface area contributed by atoms with Gasteiger partial charge in [0.25, 0.3) is 0 Å². The van der Waals surface area contributed by atoms with Gasteiger partial charge in [-0.1, -0.05) is 13.3 Å². The maximum absolute atomic E-state index is 12.4. The van der Waals surface area contributed by atoms with Crippen LogP contribution in [0.5, 0.6) is 0 Å². The normalized spacial score (nSPS) is 27.8. The molecule has 0 spiro atoms. The second-order valence-electron chi connectivity index (χ2n) is 5.55. The summed E-state index contributed by atoms with van der Waals surface area (Å²) in [4.78, 5) is 14.5. The first kappa shape index (κ1) is 12.9. The molecule has 0 saturated carbocycles. The Balaban J connectivity index is 1.85. The first-order valence-electron chi connectivity index (χ1n) is 7.30. The third-order valence-electron chi connectivity index (χ3n) is 4.43. The number of rotatable bonds is 2. The molecule has 3 heteroatoms. The van der Waals surface area contributed by atoms with Crippen LogP contribution in [0.1, 0.15) is 45.4 Å². The molecule has 0 radical (unpaired) electrons. The van der Waals surface area contributed by atoms with Gasteiger partial charge in [-0.15, -0.1) is 0 Å². The molecule has 0 bridgehead atoms. The number of hydrogen-bond acceptors (Lipinski definition) is 2. The van der Waals surface area contributed by atoms with Crippen molar-refractivity contribution in [3.63, 3.8) is 0 Å². The number of carbonyl (C=O) groups excluding carboxylic acids is 1. The molecular weight excluding hydrogens is 212 g/mol. The third kappa shape index (κ3) is 3.44. The van der Waals surface area contributed by atoms with Crippen LogP contribution in [-0.4, -0.2) is 37.0 Å². The van der Waals surface area contributed by atoms with Crippen molar-refractivity contribution >= 4 is 5.91 Å². The highest BCUT2D eigenvalue weighted by atomic mass is 16.2. The molecule has 98 valence electrons. The van der Waals surface area contributed by atoms with E-state index in [2.05, 4.69) is 17.1 Å². The predicted molar refractivity (Wildman–Crippen MR) is 69.8 cm³/mol. The van der Waals surface area contributed by atoms with E-state index in [4.69, 9.17) is 0 Å². The summed E-state index contributed by atoms with van der Waals surface area (Å²) in [6, 6.07) is 0. The Hall–Kier alpha value is -0.570. The number of likely N-dealkylation sites (tertiary alicyclic amines) is 1. The van der Waals surface area contributed by atoms with Crippen molar-refractivity contribution in [2.45, 2.75) is 45.4 Å². The minimum absolute atomic E-state index is 0.300. The van der Waals surface area contributed by atoms with Gasteiger partial charge in [-0.25, -0.2) is 0 Å². The summed E-state index contributed by atoms with van der Waals surface area (Å²) >= 11 is 0. The molecule has 3 nitrogen and oxygen atoms in total. The Morgan fingerprint density at radius 1 is 1.18 bits per heavy atom. The van der Waals surface area contributed by atoms with Crippen LogP contribution in [0, 0.1) is 11.8 Å². The van der Waals surface area contributed by atoms with Gasteiger partial charge < -0.3 is 10.2 Å².